The first-order valence-electron chi connectivity index (χ1n) is 6.13. The quantitative estimate of drug-likeness (QED) is 0.656. The molecule has 0 saturated carbocycles. The summed E-state index contributed by atoms with van der Waals surface area (Å²) in [5, 5.41) is 7.07. The zero-order valence-corrected chi connectivity index (χ0v) is 12.7. The lowest BCUT2D eigenvalue weighted by molar-refractivity contribution is 0.331. The lowest BCUT2D eigenvalue weighted by Crippen LogP contribution is -2.39. The highest BCUT2D eigenvalue weighted by Crippen LogP contribution is 2.37. The van der Waals surface area contributed by atoms with E-state index < -0.39 is 0 Å². The van der Waals surface area contributed by atoms with E-state index in [2.05, 4.69) is 38.3 Å². The number of nitrogens with one attached hydrogen (secondary N) is 2. The van der Waals surface area contributed by atoms with E-state index in [0.717, 1.165) is 26.2 Å². The molecule has 0 aromatic heterocycles. The van der Waals surface area contributed by atoms with Crippen LogP contribution < -0.4 is 10.6 Å². The van der Waals surface area contributed by atoms with Crippen LogP contribution in [-0.4, -0.2) is 36.7 Å². The van der Waals surface area contributed by atoms with Crippen molar-refractivity contribution in [1.82, 2.24) is 10.6 Å². The van der Waals surface area contributed by atoms with Crippen molar-refractivity contribution in [3.05, 3.63) is 0 Å². The van der Waals surface area contributed by atoms with Gasteiger partial charge in [-0.15, -0.1) is 0 Å². The van der Waals surface area contributed by atoms with Crippen molar-refractivity contribution in [3.63, 3.8) is 0 Å². The SMILES string of the molecule is CC1(C)CCSSC(C)(C)CNCCNC1. The maximum absolute atomic E-state index is 3.54. The number of rotatable bonds is 0. The van der Waals surface area contributed by atoms with Gasteiger partial charge in [0.15, 0.2) is 0 Å². The zero-order valence-electron chi connectivity index (χ0n) is 11.1. The second-order valence-electron chi connectivity index (χ2n) is 5.93. The Morgan fingerprint density at radius 1 is 0.938 bits per heavy atom. The Hall–Kier alpha value is 0.620. The summed E-state index contributed by atoms with van der Waals surface area (Å²) in [5.74, 6) is 1.25. The molecule has 0 unspecified atom stereocenters. The van der Waals surface area contributed by atoms with Crippen LogP contribution in [0, 0.1) is 5.41 Å². The summed E-state index contributed by atoms with van der Waals surface area (Å²) < 4.78 is 0.341. The average molecular weight is 262 g/mol. The smallest absolute Gasteiger partial charge is 0.0331 e. The van der Waals surface area contributed by atoms with Gasteiger partial charge in [-0.1, -0.05) is 35.4 Å². The molecular weight excluding hydrogens is 236 g/mol. The lowest BCUT2D eigenvalue weighted by atomic mass is 9.90. The highest BCUT2D eigenvalue weighted by Gasteiger charge is 2.21. The third kappa shape index (κ3) is 6.38. The van der Waals surface area contributed by atoms with Crippen LogP contribution in [0.3, 0.4) is 0 Å². The summed E-state index contributed by atoms with van der Waals surface area (Å²) in [6.07, 6.45) is 1.29. The van der Waals surface area contributed by atoms with E-state index in [1.165, 1.54) is 12.2 Å². The number of hydrogen-bond donors (Lipinski definition) is 2. The van der Waals surface area contributed by atoms with E-state index in [0.29, 0.717) is 10.2 Å². The minimum Gasteiger partial charge on any atom is -0.315 e. The Morgan fingerprint density at radius 3 is 2.25 bits per heavy atom. The van der Waals surface area contributed by atoms with E-state index in [9.17, 15) is 0 Å². The molecule has 1 rings (SSSR count). The highest BCUT2D eigenvalue weighted by atomic mass is 33.1. The van der Waals surface area contributed by atoms with Gasteiger partial charge in [-0.25, -0.2) is 0 Å². The molecule has 0 amide bonds. The van der Waals surface area contributed by atoms with Crippen LogP contribution in [0.15, 0.2) is 0 Å². The summed E-state index contributed by atoms with van der Waals surface area (Å²) in [7, 11) is 4.05. The van der Waals surface area contributed by atoms with Crippen molar-refractivity contribution in [2.24, 2.45) is 5.41 Å². The van der Waals surface area contributed by atoms with E-state index in [1.54, 1.807) is 0 Å². The van der Waals surface area contributed by atoms with Crippen LogP contribution in [0.4, 0.5) is 0 Å². The first-order valence-corrected chi connectivity index (χ1v) is 8.45. The van der Waals surface area contributed by atoms with Gasteiger partial charge in [-0.3, -0.25) is 0 Å². The van der Waals surface area contributed by atoms with Crippen molar-refractivity contribution in [2.75, 3.05) is 31.9 Å². The second-order valence-corrected chi connectivity index (χ2v) is 9.06. The fourth-order valence-corrected chi connectivity index (χ4v) is 4.46. The van der Waals surface area contributed by atoms with Gasteiger partial charge in [0.25, 0.3) is 0 Å². The van der Waals surface area contributed by atoms with Crippen LogP contribution in [0.1, 0.15) is 34.1 Å². The van der Waals surface area contributed by atoms with Crippen LogP contribution in [0.5, 0.6) is 0 Å². The topological polar surface area (TPSA) is 24.1 Å². The Labute approximate surface area is 108 Å². The molecule has 4 heteroatoms. The molecule has 0 radical (unpaired) electrons. The Bertz CT molecular complexity index is 183. The highest BCUT2D eigenvalue weighted by molar-refractivity contribution is 8.77. The first-order chi connectivity index (χ1) is 7.41. The average Bonchev–Trinajstić information content (AvgIpc) is 2.17. The van der Waals surface area contributed by atoms with E-state index >= 15 is 0 Å². The van der Waals surface area contributed by atoms with Gasteiger partial charge < -0.3 is 10.6 Å². The van der Waals surface area contributed by atoms with Crippen molar-refractivity contribution >= 4 is 21.6 Å². The molecule has 1 saturated heterocycles. The maximum atomic E-state index is 3.54. The van der Waals surface area contributed by atoms with Crippen LogP contribution in [0.2, 0.25) is 0 Å². The van der Waals surface area contributed by atoms with Crippen LogP contribution >= 0.6 is 21.6 Å². The molecule has 0 aliphatic carbocycles. The largest absolute Gasteiger partial charge is 0.315 e. The zero-order chi connectivity index (χ0) is 12.1. The summed E-state index contributed by atoms with van der Waals surface area (Å²) >= 11 is 0. The fourth-order valence-electron chi connectivity index (χ4n) is 1.63. The summed E-state index contributed by atoms with van der Waals surface area (Å²) in [6, 6.07) is 0. The molecule has 16 heavy (non-hydrogen) atoms. The summed E-state index contributed by atoms with van der Waals surface area (Å²) in [5.41, 5.74) is 0.427. The Morgan fingerprint density at radius 2 is 1.56 bits per heavy atom. The Kier molecular flexibility index (Phi) is 5.99. The lowest BCUT2D eigenvalue weighted by Gasteiger charge is -2.28. The molecule has 1 heterocycles. The normalized spacial score (nSPS) is 27.8. The molecule has 2 N–H and O–H groups in total. The maximum Gasteiger partial charge on any atom is 0.0331 e. The van der Waals surface area contributed by atoms with Crippen LogP contribution in [0.25, 0.3) is 0 Å². The molecule has 1 aliphatic rings. The van der Waals surface area contributed by atoms with Gasteiger partial charge in [0, 0.05) is 36.7 Å². The molecule has 0 bridgehead atoms. The van der Waals surface area contributed by atoms with Gasteiger partial charge in [0.05, 0.1) is 0 Å². The summed E-state index contributed by atoms with van der Waals surface area (Å²) in [4.78, 5) is 0. The molecule has 2 nitrogen and oxygen atoms in total. The van der Waals surface area contributed by atoms with Crippen molar-refractivity contribution in [3.8, 4) is 0 Å². The summed E-state index contributed by atoms with van der Waals surface area (Å²) in [6.45, 7) is 13.7. The van der Waals surface area contributed by atoms with Gasteiger partial charge >= 0.3 is 0 Å². The fraction of sp³-hybridized carbons (Fsp3) is 1.00. The Balaban J connectivity index is 2.41. The predicted octanol–water partition coefficient (Wildman–Crippen LogP) is 2.76. The van der Waals surface area contributed by atoms with Gasteiger partial charge in [-0.05, 0) is 25.7 Å². The molecule has 0 atom stereocenters. The molecule has 0 spiro atoms. The van der Waals surface area contributed by atoms with Crippen molar-refractivity contribution in [2.45, 2.75) is 38.9 Å². The minimum absolute atomic E-state index is 0.341. The van der Waals surface area contributed by atoms with Crippen molar-refractivity contribution in [1.29, 1.82) is 0 Å². The van der Waals surface area contributed by atoms with E-state index in [4.69, 9.17) is 0 Å². The molecule has 1 aliphatic heterocycles. The molecule has 1 fully saturated rings. The first kappa shape index (κ1) is 14.7. The van der Waals surface area contributed by atoms with Gasteiger partial charge in [-0.2, -0.15) is 0 Å². The van der Waals surface area contributed by atoms with Gasteiger partial charge in [0.2, 0.25) is 0 Å². The van der Waals surface area contributed by atoms with Crippen LogP contribution in [-0.2, 0) is 0 Å². The van der Waals surface area contributed by atoms with E-state index in [-0.39, 0.29) is 0 Å². The third-order valence-electron chi connectivity index (χ3n) is 2.78. The number of hydrogen-bond acceptors (Lipinski definition) is 4. The van der Waals surface area contributed by atoms with Gasteiger partial charge in [0.1, 0.15) is 0 Å². The molecular formula is C12H26N2S2. The van der Waals surface area contributed by atoms with Crippen molar-refractivity contribution < 1.29 is 0 Å². The predicted molar refractivity (Wildman–Crippen MR) is 78.3 cm³/mol. The molecule has 0 aromatic carbocycles. The molecule has 0 aromatic rings. The molecule has 96 valence electrons. The third-order valence-corrected chi connectivity index (χ3v) is 6.07. The second kappa shape index (κ2) is 6.53. The minimum atomic E-state index is 0.341. The monoisotopic (exact) mass is 262 g/mol. The van der Waals surface area contributed by atoms with E-state index in [1.807, 2.05) is 21.6 Å². The standard InChI is InChI=1S/C12H26N2S2/c1-11(2)5-8-15-16-12(3,4)10-14-7-6-13-9-11/h13-14H,5-10H2,1-4H3.